The summed E-state index contributed by atoms with van der Waals surface area (Å²) < 4.78 is 9.15. The maximum atomic E-state index is 11.1. The SMILES string of the molecule is COC(=O)/C(=C\C#N)[C@@H](C)OC(C)=O. The summed E-state index contributed by atoms with van der Waals surface area (Å²) in [5, 5.41) is 8.39. The van der Waals surface area contributed by atoms with Gasteiger partial charge in [-0.3, -0.25) is 4.79 Å². The average molecular weight is 197 g/mol. The zero-order valence-electron chi connectivity index (χ0n) is 8.23. The number of carbonyl (C=O) groups is 2. The number of hydrogen-bond acceptors (Lipinski definition) is 5. The van der Waals surface area contributed by atoms with Gasteiger partial charge in [-0.15, -0.1) is 0 Å². The van der Waals surface area contributed by atoms with Gasteiger partial charge in [0.15, 0.2) is 0 Å². The Hall–Kier alpha value is -1.83. The number of ether oxygens (including phenoxy) is 2. The molecule has 0 aromatic heterocycles. The Balaban J connectivity index is 4.68. The van der Waals surface area contributed by atoms with E-state index in [0.29, 0.717) is 0 Å². The Labute approximate surface area is 81.9 Å². The second kappa shape index (κ2) is 5.75. The fourth-order valence-electron chi connectivity index (χ4n) is 0.842. The van der Waals surface area contributed by atoms with Crippen LogP contribution in [0.3, 0.4) is 0 Å². The van der Waals surface area contributed by atoms with Crippen molar-refractivity contribution in [3.63, 3.8) is 0 Å². The molecule has 0 radical (unpaired) electrons. The molecule has 0 rings (SSSR count). The van der Waals surface area contributed by atoms with Gasteiger partial charge in [0.05, 0.1) is 18.8 Å². The van der Waals surface area contributed by atoms with Crippen molar-refractivity contribution in [2.24, 2.45) is 0 Å². The highest BCUT2D eigenvalue weighted by atomic mass is 16.6. The lowest BCUT2D eigenvalue weighted by Gasteiger charge is -2.12. The van der Waals surface area contributed by atoms with E-state index in [1.165, 1.54) is 21.0 Å². The lowest BCUT2D eigenvalue weighted by molar-refractivity contribution is -0.146. The van der Waals surface area contributed by atoms with Gasteiger partial charge in [-0.05, 0) is 6.92 Å². The van der Waals surface area contributed by atoms with Crippen molar-refractivity contribution in [1.82, 2.24) is 0 Å². The first kappa shape index (κ1) is 12.2. The lowest BCUT2D eigenvalue weighted by atomic mass is 10.1. The topological polar surface area (TPSA) is 76.4 Å². The number of esters is 2. The van der Waals surface area contributed by atoms with Crippen LogP contribution in [0.25, 0.3) is 0 Å². The minimum atomic E-state index is -0.778. The average Bonchev–Trinajstić information content (AvgIpc) is 2.11. The zero-order valence-corrected chi connectivity index (χ0v) is 8.23. The number of carbonyl (C=O) groups excluding carboxylic acids is 2. The van der Waals surface area contributed by atoms with Crippen molar-refractivity contribution in [2.75, 3.05) is 7.11 Å². The second-order valence-corrected chi connectivity index (χ2v) is 2.47. The highest BCUT2D eigenvalue weighted by Crippen LogP contribution is 2.08. The highest BCUT2D eigenvalue weighted by molar-refractivity contribution is 5.90. The van der Waals surface area contributed by atoms with Crippen LogP contribution in [0.1, 0.15) is 13.8 Å². The quantitative estimate of drug-likeness (QED) is 0.375. The molecule has 0 aliphatic carbocycles. The maximum Gasteiger partial charge on any atom is 0.338 e. The van der Waals surface area contributed by atoms with Crippen LogP contribution < -0.4 is 0 Å². The van der Waals surface area contributed by atoms with Gasteiger partial charge in [0.2, 0.25) is 0 Å². The number of nitriles is 1. The third kappa shape index (κ3) is 3.72. The molecule has 0 aliphatic rings. The molecule has 0 amide bonds. The van der Waals surface area contributed by atoms with E-state index in [1.807, 2.05) is 0 Å². The molecule has 76 valence electrons. The van der Waals surface area contributed by atoms with Gasteiger partial charge in [0, 0.05) is 13.0 Å². The first-order chi connectivity index (χ1) is 6.52. The molecule has 0 saturated heterocycles. The van der Waals surface area contributed by atoms with Crippen LogP contribution in [0.15, 0.2) is 11.6 Å². The number of rotatable bonds is 3. The largest absolute Gasteiger partial charge is 0.466 e. The van der Waals surface area contributed by atoms with Crippen molar-refractivity contribution < 1.29 is 19.1 Å². The molecule has 14 heavy (non-hydrogen) atoms. The number of nitrogens with zero attached hydrogens (tertiary/aromatic N) is 1. The molecule has 0 spiro atoms. The number of hydrogen-bond donors (Lipinski definition) is 0. The first-order valence-electron chi connectivity index (χ1n) is 3.88. The second-order valence-electron chi connectivity index (χ2n) is 2.47. The van der Waals surface area contributed by atoms with E-state index in [4.69, 9.17) is 10.00 Å². The van der Waals surface area contributed by atoms with Crippen molar-refractivity contribution in [3.8, 4) is 6.07 Å². The lowest BCUT2D eigenvalue weighted by Crippen LogP contribution is -2.21. The molecule has 5 heteroatoms. The van der Waals surface area contributed by atoms with Crippen LogP contribution in [0.2, 0.25) is 0 Å². The molecule has 0 saturated carbocycles. The Kier molecular flexibility index (Phi) is 5.00. The van der Waals surface area contributed by atoms with E-state index in [2.05, 4.69) is 4.74 Å². The normalized spacial score (nSPS) is 12.6. The van der Waals surface area contributed by atoms with Gasteiger partial charge >= 0.3 is 11.9 Å². The highest BCUT2D eigenvalue weighted by Gasteiger charge is 2.19. The van der Waals surface area contributed by atoms with Crippen LogP contribution >= 0.6 is 0 Å². The van der Waals surface area contributed by atoms with Crippen LogP contribution in [-0.4, -0.2) is 25.2 Å². The van der Waals surface area contributed by atoms with E-state index in [0.717, 1.165) is 6.08 Å². The Morgan fingerprint density at radius 1 is 1.50 bits per heavy atom. The molecule has 0 fully saturated rings. The third-order valence-electron chi connectivity index (χ3n) is 1.42. The molecule has 0 heterocycles. The summed E-state index contributed by atoms with van der Waals surface area (Å²) in [5.41, 5.74) is 0.0187. The molecule has 0 aromatic rings. The van der Waals surface area contributed by atoms with Gasteiger partial charge in [0.25, 0.3) is 0 Å². The van der Waals surface area contributed by atoms with E-state index < -0.39 is 18.0 Å². The monoisotopic (exact) mass is 197 g/mol. The first-order valence-corrected chi connectivity index (χ1v) is 3.88. The zero-order chi connectivity index (χ0) is 11.1. The Bertz CT molecular complexity index is 300. The van der Waals surface area contributed by atoms with E-state index in [1.54, 1.807) is 6.07 Å². The van der Waals surface area contributed by atoms with Gasteiger partial charge < -0.3 is 9.47 Å². The number of allylic oxidation sites excluding steroid dienone is 1. The van der Waals surface area contributed by atoms with Crippen molar-refractivity contribution in [3.05, 3.63) is 11.6 Å². The van der Waals surface area contributed by atoms with Crippen molar-refractivity contribution in [1.29, 1.82) is 5.26 Å². The van der Waals surface area contributed by atoms with Crippen molar-refractivity contribution in [2.45, 2.75) is 20.0 Å². The standard InChI is InChI=1S/C9H11NO4/c1-6(14-7(2)11)8(4-5-10)9(12)13-3/h4,6H,1-3H3/b8-4-/t6-/m1/s1. The Morgan fingerprint density at radius 3 is 2.43 bits per heavy atom. The molecule has 0 unspecified atom stereocenters. The van der Waals surface area contributed by atoms with E-state index in [9.17, 15) is 9.59 Å². The van der Waals surface area contributed by atoms with E-state index >= 15 is 0 Å². The molecule has 1 atom stereocenters. The van der Waals surface area contributed by atoms with Gasteiger partial charge in [-0.2, -0.15) is 5.26 Å². The fourth-order valence-corrected chi connectivity index (χ4v) is 0.842. The molecular weight excluding hydrogens is 186 g/mol. The van der Waals surface area contributed by atoms with Crippen molar-refractivity contribution >= 4 is 11.9 Å². The van der Waals surface area contributed by atoms with Crippen LogP contribution in [0.5, 0.6) is 0 Å². The summed E-state index contributed by atoms with van der Waals surface area (Å²) >= 11 is 0. The third-order valence-corrected chi connectivity index (χ3v) is 1.42. The summed E-state index contributed by atoms with van der Waals surface area (Å²) in [4.78, 5) is 21.7. The summed E-state index contributed by atoms with van der Waals surface area (Å²) in [5.74, 6) is -1.20. The summed E-state index contributed by atoms with van der Waals surface area (Å²) in [6.45, 7) is 2.71. The number of methoxy groups -OCH3 is 1. The van der Waals surface area contributed by atoms with Crippen LogP contribution in [-0.2, 0) is 19.1 Å². The summed E-state index contributed by atoms with van der Waals surface area (Å²) in [6, 6.07) is 1.68. The Morgan fingerprint density at radius 2 is 2.07 bits per heavy atom. The molecule has 0 bridgehead atoms. The molecule has 0 aromatic carbocycles. The molecule has 0 N–H and O–H groups in total. The molecule has 5 nitrogen and oxygen atoms in total. The van der Waals surface area contributed by atoms with Gasteiger partial charge in [0.1, 0.15) is 6.10 Å². The minimum Gasteiger partial charge on any atom is -0.466 e. The minimum absolute atomic E-state index is 0.0187. The van der Waals surface area contributed by atoms with Crippen LogP contribution in [0, 0.1) is 11.3 Å². The summed E-state index contributed by atoms with van der Waals surface area (Å²) in [7, 11) is 1.19. The predicted molar refractivity (Wildman–Crippen MR) is 46.9 cm³/mol. The predicted octanol–water partition coefficient (Wildman–Crippen LogP) is 0.561. The molecular formula is C9H11NO4. The molecule has 0 aliphatic heterocycles. The maximum absolute atomic E-state index is 11.1. The van der Waals surface area contributed by atoms with Crippen LogP contribution in [0.4, 0.5) is 0 Å². The van der Waals surface area contributed by atoms with Gasteiger partial charge in [-0.1, -0.05) is 0 Å². The van der Waals surface area contributed by atoms with Gasteiger partial charge in [-0.25, -0.2) is 4.79 Å². The smallest absolute Gasteiger partial charge is 0.338 e. The van der Waals surface area contributed by atoms with E-state index in [-0.39, 0.29) is 5.57 Å². The summed E-state index contributed by atoms with van der Waals surface area (Å²) in [6.07, 6.45) is 0.221. The fraction of sp³-hybridized carbons (Fsp3) is 0.444.